The summed E-state index contributed by atoms with van der Waals surface area (Å²) in [5.41, 5.74) is 2.92. The Balaban J connectivity index is 1.35. The molecule has 368 valence electrons. The van der Waals surface area contributed by atoms with Crippen LogP contribution in [0.4, 0.5) is 0 Å². The van der Waals surface area contributed by atoms with E-state index < -0.39 is 38.8 Å². The first-order valence-electron chi connectivity index (χ1n) is 25.3. The minimum Gasteiger partial charge on any atom is -0.494 e. The highest BCUT2D eigenvalue weighted by Crippen LogP contribution is 2.44. The summed E-state index contributed by atoms with van der Waals surface area (Å²) < 4.78 is 46.4. The third-order valence-corrected chi connectivity index (χ3v) is 17.9. The summed E-state index contributed by atoms with van der Waals surface area (Å²) in [4.78, 5) is 12.6. The molecule has 10 heteroatoms. The highest BCUT2D eigenvalue weighted by molar-refractivity contribution is 6.98. The van der Waals surface area contributed by atoms with Gasteiger partial charge in [-0.25, -0.2) is 0 Å². The molecule has 1 aliphatic heterocycles. The van der Waals surface area contributed by atoms with Crippen molar-refractivity contribution in [3.8, 4) is 11.5 Å². The summed E-state index contributed by atoms with van der Waals surface area (Å²) in [5, 5.41) is 2.46. The summed E-state index contributed by atoms with van der Waals surface area (Å²) in [6.07, 6.45) is 10.8. The van der Waals surface area contributed by atoms with Gasteiger partial charge in [0.1, 0.15) is 48.6 Å². The van der Waals surface area contributed by atoms with Crippen LogP contribution in [0.1, 0.15) is 135 Å². The topological polar surface area (TPSA) is 84.8 Å². The molecule has 4 aromatic rings. The number of rotatable bonds is 32. The lowest BCUT2D eigenvalue weighted by Gasteiger charge is -2.46. The first-order chi connectivity index (χ1) is 32.6. The largest absolute Gasteiger partial charge is 0.494 e. The molecule has 67 heavy (non-hydrogen) atoms. The fraction of sp³-hybridized carbons (Fsp3) is 0.544. The highest BCUT2D eigenvalue weighted by Gasteiger charge is 2.51. The van der Waals surface area contributed by atoms with Crippen LogP contribution in [0.3, 0.4) is 0 Å². The second-order valence-electron chi connectivity index (χ2n) is 18.6. The molecule has 1 aliphatic rings. The van der Waals surface area contributed by atoms with Gasteiger partial charge in [0.15, 0.2) is 0 Å². The van der Waals surface area contributed by atoms with Gasteiger partial charge in [-0.1, -0.05) is 170 Å². The number of hydrogen-bond acceptors (Lipinski definition) is 8. The fourth-order valence-corrected chi connectivity index (χ4v) is 13.1. The number of halogens is 1. The molecule has 4 aromatic carbocycles. The van der Waals surface area contributed by atoms with Gasteiger partial charge >= 0.3 is 0 Å². The van der Waals surface area contributed by atoms with Gasteiger partial charge in [-0.2, -0.15) is 0 Å². The molecule has 0 bridgehead atoms. The number of hydrogen-bond donors (Lipinski definition) is 1. The normalized spacial score (nSPS) is 18.8. The Morgan fingerprint density at radius 3 is 1.85 bits per heavy atom. The third kappa shape index (κ3) is 15.5. The molecule has 5 atom stereocenters. The summed E-state index contributed by atoms with van der Waals surface area (Å²) in [5.74, 6) is 1.47. The van der Waals surface area contributed by atoms with Gasteiger partial charge in [-0.15, -0.1) is 0 Å². The van der Waals surface area contributed by atoms with Gasteiger partial charge in [0.05, 0.1) is 13.2 Å². The van der Waals surface area contributed by atoms with Gasteiger partial charge in [0.25, 0.3) is 8.32 Å². The minimum absolute atomic E-state index is 0.265. The van der Waals surface area contributed by atoms with Crippen molar-refractivity contribution in [3.63, 3.8) is 0 Å². The number of benzene rings is 4. The summed E-state index contributed by atoms with van der Waals surface area (Å²) in [7, 11) is -3.04. The van der Waals surface area contributed by atoms with Gasteiger partial charge in [-0.05, 0) is 96.3 Å². The van der Waals surface area contributed by atoms with Crippen LogP contribution in [0.15, 0.2) is 110 Å². The van der Waals surface area contributed by atoms with E-state index >= 15 is 0 Å². The van der Waals surface area contributed by atoms with Crippen LogP contribution >= 0.6 is 11.6 Å². The maximum atomic E-state index is 12.6. The van der Waals surface area contributed by atoms with E-state index in [1.165, 1.54) is 0 Å². The molecule has 1 saturated heterocycles. The monoisotopic (exact) mass is 957 g/mol. The summed E-state index contributed by atoms with van der Waals surface area (Å²) >= 11 is 7.07. The van der Waals surface area contributed by atoms with E-state index in [-0.39, 0.29) is 5.04 Å². The van der Waals surface area contributed by atoms with Crippen LogP contribution in [-0.2, 0) is 30.1 Å². The Labute approximate surface area is 409 Å². The zero-order valence-electron chi connectivity index (χ0n) is 41.5. The van der Waals surface area contributed by atoms with Crippen LogP contribution in [0, 0.1) is 0 Å². The van der Waals surface area contributed by atoms with Crippen molar-refractivity contribution in [1.82, 2.24) is 0 Å². The first-order valence-corrected chi connectivity index (χ1v) is 27.6. The summed E-state index contributed by atoms with van der Waals surface area (Å²) in [6, 6.07) is 32.8. The molecule has 0 saturated carbocycles. The van der Waals surface area contributed by atoms with Crippen LogP contribution in [0.2, 0.25) is 10.1 Å². The van der Waals surface area contributed by atoms with Gasteiger partial charge in [0.2, 0.25) is 0 Å². The molecule has 0 spiro atoms. The maximum Gasteiger partial charge on any atom is 0.258 e. The fourth-order valence-electron chi connectivity index (χ4n) is 9.12. The van der Waals surface area contributed by atoms with Crippen molar-refractivity contribution >= 4 is 30.3 Å². The molecule has 0 amide bonds. The highest BCUT2D eigenvalue weighted by atomic mass is 35.5. The Morgan fingerprint density at radius 1 is 0.687 bits per heavy atom. The SMILES string of the molecule is C=CCOc1cc(Cl)c(Cc2ccc(OCC)cc2)cc1[C@@H]1O[C@H](COCCCCCCC(C)(C)[Si](O)(c2ccccc2)c2ccccc2)[C@@H](OCCCC)[C@H](OCCCC)[C@H]1OCCCC. The average Bonchev–Trinajstić information content (AvgIpc) is 3.34. The van der Waals surface area contributed by atoms with Crippen LogP contribution in [0.25, 0.3) is 0 Å². The molecule has 1 fully saturated rings. The molecular weight excluding hydrogens is 876 g/mol. The van der Waals surface area contributed by atoms with Crippen molar-refractivity contribution < 1.29 is 38.0 Å². The van der Waals surface area contributed by atoms with Crippen LogP contribution < -0.4 is 19.8 Å². The second kappa shape index (κ2) is 28.9. The van der Waals surface area contributed by atoms with Gasteiger partial charge < -0.3 is 38.0 Å². The van der Waals surface area contributed by atoms with Crippen LogP contribution in [0.5, 0.6) is 11.5 Å². The average molecular weight is 958 g/mol. The lowest BCUT2D eigenvalue weighted by molar-refractivity contribution is -0.268. The molecule has 0 unspecified atom stereocenters. The number of unbranched alkanes of at least 4 members (excludes halogenated alkanes) is 6. The smallest absolute Gasteiger partial charge is 0.258 e. The first kappa shape index (κ1) is 54.4. The zero-order valence-corrected chi connectivity index (χ0v) is 43.3. The Bertz CT molecular complexity index is 1940. The van der Waals surface area contributed by atoms with Crippen molar-refractivity contribution in [2.75, 3.05) is 46.2 Å². The van der Waals surface area contributed by atoms with E-state index in [9.17, 15) is 4.80 Å². The third-order valence-electron chi connectivity index (χ3n) is 13.0. The molecule has 1 N–H and O–H groups in total. The van der Waals surface area contributed by atoms with Crippen molar-refractivity contribution in [2.45, 2.75) is 154 Å². The predicted octanol–water partition coefficient (Wildman–Crippen LogP) is 12.4. The van der Waals surface area contributed by atoms with Gasteiger partial charge in [-0.3, -0.25) is 0 Å². The van der Waals surface area contributed by atoms with E-state index in [0.29, 0.717) is 63.4 Å². The number of ether oxygens (including phenoxy) is 7. The summed E-state index contributed by atoms with van der Waals surface area (Å²) in [6.45, 7) is 20.5. The van der Waals surface area contributed by atoms with E-state index in [4.69, 9.17) is 44.8 Å². The Hall–Kier alpha value is -3.51. The minimum atomic E-state index is -3.04. The Kier molecular flexibility index (Phi) is 23.4. The zero-order chi connectivity index (χ0) is 47.9. The predicted molar refractivity (Wildman–Crippen MR) is 277 cm³/mol. The lowest BCUT2D eigenvalue weighted by atomic mass is 9.88. The molecule has 5 rings (SSSR count). The molecule has 0 aliphatic carbocycles. The quantitative estimate of drug-likeness (QED) is 0.0294. The standard InChI is InChI=1S/C57H81ClO8Si/c1-8-13-37-63-54-52(43-60-36-25-17-16-24-34-57(6,7)67(59,47-26-20-18-21-27-47)48-28-22-19-23-29-48)66-53(55(64-38-14-9-2)56(54)65-39-15-10-3)49-41-45(50(58)42-51(49)62-35-11-4)40-44-30-32-46(33-31-44)61-12-5/h11,18-23,26-33,41-42,52-56,59H,4,8-10,12-17,24-25,34-40,43H2,1-3,5-7H3/t52-,53+,54-,55+,56+/m1/s1. The van der Waals surface area contributed by atoms with E-state index in [1.807, 2.05) is 61.5 Å². The molecule has 0 aromatic heterocycles. The molecular formula is C57H81ClO8Si. The molecule has 1 heterocycles. The van der Waals surface area contributed by atoms with E-state index in [1.54, 1.807) is 6.08 Å². The maximum absolute atomic E-state index is 12.6. The van der Waals surface area contributed by atoms with Crippen molar-refractivity contribution in [2.24, 2.45) is 0 Å². The Morgan fingerprint density at radius 2 is 1.27 bits per heavy atom. The van der Waals surface area contributed by atoms with Crippen molar-refractivity contribution in [3.05, 3.63) is 131 Å². The van der Waals surface area contributed by atoms with Gasteiger partial charge in [0, 0.05) is 37.0 Å². The molecule has 0 radical (unpaired) electrons. The van der Waals surface area contributed by atoms with E-state index in [2.05, 4.69) is 83.7 Å². The van der Waals surface area contributed by atoms with Crippen LogP contribution in [-0.4, -0.2) is 83.8 Å². The van der Waals surface area contributed by atoms with Crippen molar-refractivity contribution in [1.29, 1.82) is 0 Å². The van der Waals surface area contributed by atoms with E-state index in [0.717, 1.165) is 103 Å². The second-order valence-corrected chi connectivity index (χ2v) is 22.9. The molecule has 8 nitrogen and oxygen atoms in total. The lowest BCUT2D eigenvalue weighted by Crippen LogP contribution is -2.65.